The molecule has 150 valence electrons. The number of carbonyl (C=O) groups excluding carboxylic acids is 1. The molecule has 3 aromatic carbocycles. The van der Waals surface area contributed by atoms with Crippen molar-refractivity contribution in [1.82, 2.24) is 4.31 Å². The Kier molecular flexibility index (Phi) is 6.37. The van der Waals surface area contributed by atoms with E-state index in [0.717, 1.165) is 15.4 Å². The molecule has 0 aliphatic rings. The first-order valence-corrected chi connectivity index (χ1v) is 10.8. The van der Waals surface area contributed by atoms with Crippen LogP contribution in [0.5, 0.6) is 0 Å². The number of amides is 1. The summed E-state index contributed by atoms with van der Waals surface area (Å²) in [7, 11) is -4.04. The van der Waals surface area contributed by atoms with E-state index < -0.39 is 22.0 Å². The number of nitrogens with two attached hydrogens (primary N) is 1. The zero-order chi connectivity index (χ0) is 21.0. The van der Waals surface area contributed by atoms with E-state index >= 15 is 0 Å². The molecule has 1 unspecified atom stereocenters. The van der Waals surface area contributed by atoms with Crippen molar-refractivity contribution in [3.8, 4) is 0 Å². The van der Waals surface area contributed by atoms with Crippen molar-refractivity contribution < 1.29 is 13.2 Å². The van der Waals surface area contributed by atoms with Gasteiger partial charge in [-0.25, -0.2) is 8.42 Å². The van der Waals surface area contributed by atoms with Gasteiger partial charge in [0.25, 0.3) is 0 Å². The van der Waals surface area contributed by atoms with Gasteiger partial charge in [-0.05, 0) is 42.3 Å². The molecule has 1 amide bonds. The molecule has 0 bridgehead atoms. The lowest BCUT2D eigenvalue weighted by molar-refractivity contribution is -0.122. The Bertz CT molecular complexity index is 1080. The number of nitrogens with zero attached hydrogens (tertiary/aromatic N) is 1. The minimum Gasteiger partial charge on any atom is -0.368 e. The molecule has 3 rings (SSSR count). The van der Waals surface area contributed by atoms with Gasteiger partial charge in [0.15, 0.2) is 0 Å². The molecule has 2 N–H and O–H groups in total. The highest BCUT2D eigenvalue weighted by Crippen LogP contribution is 2.30. The topological polar surface area (TPSA) is 80.5 Å². The second-order valence-corrected chi connectivity index (χ2v) is 9.03. The lowest BCUT2D eigenvalue weighted by atomic mass is 10.1. The number of hydrogen-bond acceptors (Lipinski definition) is 3. The minimum absolute atomic E-state index is 0.00621. The first kappa shape index (κ1) is 21.0. The maximum atomic E-state index is 13.5. The summed E-state index contributed by atoms with van der Waals surface area (Å²) < 4.78 is 28.2. The first-order chi connectivity index (χ1) is 13.8. The average molecular weight is 429 g/mol. The molecule has 0 aromatic heterocycles. The maximum Gasteiger partial charge on any atom is 0.244 e. The monoisotopic (exact) mass is 428 g/mol. The second kappa shape index (κ2) is 8.78. The molecule has 0 saturated heterocycles. The zero-order valence-electron chi connectivity index (χ0n) is 15.8. The molecule has 1 atom stereocenters. The van der Waals surface area contributed by atoms with Crippen molar-refractivity contribution in [2.45, 2.75) is 24.4 Å². The van der Waals surface area contributed by atoms with Gasteiger partial charge in [-0.2, -0.15) is 4.31 Å². The van der Waals surface area contributed by atoms with E-state index in [1.807, 2.05) is 31.2 Å². The van der Waals surface area contributed by atoms with Gasteiger partial charge in [0, 0.05) is 11.6 Å². The maximum absolute atomic E-state index is 13.5. The normalized spacial score (nSPS) is 12.7. The average Bonchev–Trinajstić information content (AvgIpc) is 2.70. The molecule has 0 heterocycles. The van der Waals surface area contributed by atoms with Crippen LogP contribution in [0.4, 0.5) is 0 Å². The van der Waals surface area contributed by atoms with Crippen LogP contribution in [-0.2, 0) is 21.4 Å². The second-order valence-electron chi connectivity index (χ2n) is 6.71. The van der Waals surface area contributed by atoms with E-state index in [2.05, 4.69) is 0 Å². The van der Waals surface area contributed by atoms with Crippen LogP contribution in [0.2, 0.25) is 5.02 Å². The Hall–Kier alpha value is -2.67. The van der Waals surface area contributed by atoms with Gasteiger partial charge in [0.2, 0.25) is 15.9 Å². The smallest absolute Gasteiger partial charge is 0.244 e. The van der Waals surface area contributed by atoms with E-state index in [0.29, 0.717) is 10.6 Å². The van der Waals surface area contributed by atoms with Crippen molar-refractivity contribution in [3.63, 3.8) is 0 Å². The van der Waals surface area contributed by atoms with Gasteiger partial charge >= 0.3 is 0 Å². The molecule has 0 aliphatic heterocycles. The molecule has 0 spiro atoms. The Morgan fingerprint density at radius 3 is 2.10 bits per heavy atom. The van der Waals surface area contributed by atoms with Crippen LogP contribution < -0.4 is 5.73 Å². The number of carbonyl (C=O) groups is 1. The van der Waals surface area contributed by atoms with Crippen LogP contribution in [0.1, 0.15) is 22.7 Å². The number of hydrogen-bond donors (Lipinski definition) is 1. The number of sulfonamides is 1. The summed E-state index contributed by atoms with van der Waals surface area (Å²) in [4.78, 5) is 12.5. The third-order valence-corrected chi connectivity index (χ3v) is 6.63. The third-order valence-electron chi connectivity index (χ3n) is 4.55. The third kappa shape index (κ3) is 4.85. The van der Waals surface area contributed by atoms with Gasteiger partial charge in [-0.3, -0.25) is 4.79 Å². The predicted molar refractivity (Wildman–Crippen MR) is 114 cm³/mol. The number of aryl methyl sites for hydroxylation is 1. The lowest BCUT2D eigenvalue weighted by Crippen LogP contribution is -2.41. The van der Waals surface area contributed by atoms with Crippen molar-refractivity contribution >= 4 is 27.5 Å². The van der Waals surface area contributed by atoms with E-state index in [1.165, 1.54) is 24.3 Å². The minimum atomic E-state index is -4.04. The van der Waals surface area contributed by atoms with Crippen molar-refractivity contribution in [2.75, 3.05) is 0 Å². The summed E-state index contributed by atoms with van der Waals surface area (Å²) in [6.45, 7) is 1.94. The van der Waals surface area contributed by atoms with E-state index in [9.17, 15) is 13.2 Å². The predicted octanol–water partition coefficient (Wildman–Crippen LogP) is 4.07. The van der Waals surface area contributed by atoms with Gasteiger partial charge in [-0.1, -0.05) is 71.8 Å². The highest BCUT2D eigenvalue weighted by atomic mass is 35.5. The Labute approximate surface area is 175 Å². The van der Waals surface area contributed by atoms with Crippen molar-refractivity contribution in [3.05, 3.63) is 101 Å². The summed E-state index contributed by atoms with van der Waals surface area (Å²) in [5.41, 5.74) is 7.98. The number of benzene rings is 3. The molecule has 0 aliphatic carbocycles. The highest BCUT2D eigenvalue weighted by Gasteiger charge is 2.36. The summed E-state index contributed by atoms with van der Waals surface area (Å²) in [6.07, 6.45) is 0. The summed E-state index contributed by atoms with van der Waals surface area (Å²) in [5, 5.41) is 0.420. The van der Waals surface area contributed by atoms with E-state index in [-0.39, 0.29) is 11.4 Å². The van der Waals surface area contributed by atoms with Crippen LogP contribution in [0.15, 0.2) is 83.8 Å². The Morgan fingerprint density at radius 2 is 1.55 bits per heavy atom. The quantitative estimate of drug-likeness (QED) is 0.616. The zero-order valence-corrected chi connectivity index (χ0v) is 17.4. The van der Waals surface area contributed by atoms with Crippen LogP contribution in [0.3, 0.4) is 0 Å². The van der Waals surface area contributed by atoms with Gasteiger partial charge in [0.1, 0.15) is 6.04 Å². The Morgan fingerprint density at radius 1 is 0.966 bits per heavy atom. The first-order valence-electron chi connectivity index (χ1n) is 8.96. The van der Waals surface area contributed by atoms with Gasteiger partial charge in [-0.15, -0.1) is 0 Å². The summed E-state index contributed by atoms with van der Waals surface area (Å²) in [6, 6.07) is 20.8. The number of rotatable bonds is 7. The fraction of sp³-hybridized carbons (Fsp3) is 0.136. The fourth-order valence-electron chi connectivity index (χ4n) is 3.04. The molecule has 7 heteroatoms. The molecule has 0 radical (unpaired) electrons. The van der Waals surface area contributed by atoms with Crippen molar-refractivity contribution in [1.29, 1.82) is 0 Å². The van der Waals surface area contributed by atoms with Crippen LogP contribution in [-0.4, -0.2) is 18.6 Å². The van der Waals surface area contributed by atoms with E-state index in [4.69, 9.17) is 17.3 Å². The molecule has 5 nitrogen and oxygen atoms in total. The van der Waals surface area contributed by atoms with E-state index in [1.54, 1.807) is 30.3 Å². The molecular formula is C22H21ClN2O3S. The fourth-order valence-corrected chi connectivity index (χ4v) is 4.74. The largest absolute Gasteiger partial charge is 0.368 e. The standard InChI is InChI=1S/C22H21ClN2O3S/c1-16-7-9-17(10-8-16)15-25(21(22(24)26)18-5-3-2-4-6-18)29(27,28)20-13-11-19(23)12-14-20/h2-14,21H,15H2,1H3,(H2,24,26). The van der Waals surface area contributed by atoms with Crippen molar-refractivity contribution in [2.24, 2.45) is 5.73 Å². The molecule has 29 heavy (non-hydrogen) atoms. The summed E-state index contributed by atoms with van der Waals surface area (Å²) >= 11 is 5.91. The Balaban J connectivity index is 2.13. The van der Waals surface area contributed by atoms with Gasteiger partial charge < -0.3 is 5.73 Å². The van der Waals surface area contributed by atoms with Crippen LogP contribution in [0.25, 0.3) is 0 Å². The molecular weight excluding hydrogens is 408 g/mol. The number of primary amides is 1. The molecule has 3 aromatic rings. The number of halogens is 1. The SMILES string of the molecule is Cc1ccc(CN(C(C(N)=O)c2ccccc2)S(=O)(=O)c2ccc(Cl)cc2)cc1. The highest BCUT2D eigenvalue weighted by molar-refractivity contribution is 7.89. The lowest BCUT2D eigenvalue weighted by Gasteiger charge is -2.29. The molecule has 0 fully saturated rings. The van der Waals surface area contributed by atoms with Crippen LogP contribution >= 0.6 is 11.6 Å². The summed E-state index contributed by atoms with van der Waals surface area (Å²) in [5.74, 6) is -0.749. The molecule has 0 saturated carbocycles. The van der Waals surface area contributed by atoms with Gasteiger partial charge in [0.05, 0.1) is 4.90 Å². The van der Waals surface area contributed by atoms with Crippen LogP contribution in [0, 0.1) is 6.92 Å².